The summed E-state index contributed by atoms with van der Waals surface area (Å²) in [6, 6.07) is 21.5. The lowest BCUT2D eigenvalue weighted by Crippen LogP contribution is -2.38. The summed E-state index contributed by atoms with van der Waals surface area (Å²) in [5.74, 6) is 0.894. The zero-order valence-corrected chi connectivity index (χ0v) is 20.6. The van der Waals surface area contributed by atoms with Crippen molar-refractivity contribution in [3.63, 3.8) is 0 Å². The molecule has 190 valence electrons. The van der Waals surface area contributed by atoms with Crippen LogP contribution in [-0.2, 0) is 17.9 Å². The Balaban J connectivity index is 1.23. The van der Waals surface area contributed by atoms with E-state index >= 15 is 0 Å². The van der Waals surface area contributed by atoms with E-state index in [-0.39, 0.29) is 11.7 Å². The van der Waals surface area contributed by atoms with E-state index in [4.69, 9.17) is 14.2 Å². The summed E-state index contributed by atoms with van der Waals surface area (Å²) in [5, 5.41) is 2.96. The maximum absolute atomic E-state index is 13.1. The van der Waals surface area contributed by atoms with Crippen LogP contribution in [0.4, 0.5) is 4.39 Å². The van der Waals surface area contributed by atoms with Crippen LogP contribution in [0.5, 0.6) is 11.5 Å². The molecular formula is C29H33FN2O4. The van der Waals surface area contributed by atoms with Crippen molar-refractivity contribution >= 4 is 5.91 Å². The molecule has 0 aliphatic carbocycles. The van der Waals surface area contributed by atoms with Crippen LogP contribution in [-0.4, -0.2) is 50.3 Å². The number of carbonyl (C=O) groups is 1. The van der Waals surface area contributed by atoms with Gasteiger partial charge in [-0.25, -0.2) is 4.39 Å². The average Bonchev–Trinajstić information content (AvgIpc) is 2.92. The number of rotatable bonds is 11. The number of benzene rings is 3. The molecule has 3 aromatic carbocycles. The smallest absolute Gasteiger partial charge is 0.251 e. The van der Waals surface area contributed by atoms with Gasteiger partial charge in [-0.3, -0.25) is 9.69 Å². The zero-order chi connectivity index (χ0) is 25.2. The number of hydrogen-bond donors (Lipinski definition) is 1. The number of nitrogens with zero attached hydrogens (tertiary/aromatic N) is 1. The van der Waals surface area contributed by atoms with Crippen molar-refractivity contribution in [2.75, 3.05) is 33.4 Å². The Morgan fingerprint density at radius 2 is 1.69 bits per heavy atom. The van der Waals surface area contributed by atoms with Crippen molar-refractivity contribution < 1.29 is 23.4 Å². The predicted molar refractivity (Wildman–Crippen MR) is 137 cm³/mol. The molecule has 1 amide bonds. The van der Waals surface area contributed by atoms with Crippen LogP contribution in [0, 0.1) is 5.82 Å². The van der Waals surface area contributed by atoms with E-state index in [2.05, 4.69) is 17.3 Å². The molecule has 6 nitrogen and oxygen atoms in total. The monoisotopic (exact) mass is 492 g/mol. The second kappa shape index (κ2) is 13.0. The third kappa shape index (κ3) is 7.80. The number of likely N-dealkylation sites (N-methyl/N-ethyl adjacent to an activating group) is 1. The molecule has 1 aliphatic rings. The van der Waals surface area contributed by atoms with Gasteiger partial charge in [0.2, 0.25) is 0 Å². The lowest BCUT2D eigenvalue weighted by atomic mass is 10.1. The molecule has 1 aliphatic heterocycles. The number of hydrogen-bond acceptors (Lipinski definition) is 5. The summed E-state index contributed by atoms with van der Waals surface area (Å²) in [4.78, 5) is 15.0. The van der Waals surface area contributed by atoms with Crippen LogP contribution >= 0.6 is 0 Å². The first-order chi connectivity index (χ1) is 17.6. The van der Waals surface area contributed by atoms with Crippen molar-refractivity contribution in [3.8, 4) is 11.5 Å². The fraction of sp³-hybridized carbons (Fsp3) is 0.345. The van der Waals surface area contributed by atoms with E-state index in [1.54, 1.807) is 36.4 Å². The van der Waals surface area contributed by atoms with E-state index in [1.165, 1.54) is 12.1 Å². The van der Waals surface area contributed by atoms with Crippen LogP contribution in [0.15, 0.2) is 72.8 Å². The SMILES string of the molecule is CN(CCOc1cccc(CNC(=O)c2cccc(OCc3ccc(F)cc3)c2)c1)C1CCOCC1. The minimum absolute atomic E-state index is 0.188. The Hall–Kier alpha value is -3.42. The van der Waals surface area contributed by atoms with Gasteiger partial charge in [-0.05, 0) is 73.5 Å². The first-order valence-corrected chi connectivity index (χ1v) is 12.3. The van der Waals surface area contributed by atoms with Gasteiger partial charge in [-0.2, -0.15) is 0 Å². The Morgan fingerprint density at radius 3 is 2.47 bits per heavy atom. The van der Waals surface area contributed by atoms with Crippen molar-refractivity contribution in [3.05, 3.63) is 95.3 Å². The highest BCUT2D eigenvalue weighted by Crippen LogP contribution is 2.17. The molecule has 1 heterocycles. The first-order valence-electron chi connectivity index (χ1n) is 12.3. The van der Waals surface area contributed by atoms with Crippen LogP contribution in [0.3, 0.4) is 0 Å². The molecular weight excluding hydrogens is 459 g/mol. The van der Waals surface area contributed by atoms with Gasteiger partial charge in [0.15, 0.2) is 0 Å². The van der Waals surface area contributed by atoms with Gasteiger partial charge in [0, 0.05) is 37.9 Å². The number of carbonyl (C=O) groups excluding carboxylic acids is 1. The second-order valence-corrected chi connectivity index (χ2v) is 8.95. The predicted octanol–water partition coefficient (Wildman–Crippen LogP) is 4.82. The van der Waals surface area contributed by atoms with Gasteiger partial charge in [0.1, 0.15) is 30.5 Å². The van der Waals surface area contributed by atoms with Gasteiger partial charge in [0.05, 0.1) is 0 Å². The minimum atomic E-state index is -0.285. The maximum Gasteiger partial charge on any atom is 0.251 e. The molecule has 1 fully saturated rings. The third-order valence-electron chi connectivity index (χ3n) is 6.29. The standard InChI is InChI=1S/C29H33FN2O4/c1-32(26-12-15-34-16-13-26)14-17-35-27-6-2-4-23(18-27)20-31-29(33)24-5-3-7-28(19-24)36-21-22-8-10-25(30)11-9-22/h2-11,18-19,26H,12-17,20-21H2,1H3,(H,31,33). The van der Waals surface area contributed by atoms with Gasteiger partial charge >= 0.3 is 0 Å². The molecule has 1 N–H and O–H groups in total. The third-order valence-corrected chi connectivity index (χ3v) is 6.29. The van der Waals surface area contributed by atoms with E-state index < -0.39 is 0 Å². The molecule has 0 spiro atoms. The molecule has 7 heteroatoms. The van der Waals surface area contributed by atoms with E-state index in [9.17, 15) is 9.18 Å². The number of halogens is 1. The van der Waals surface area contributed by atoms with E-state index in [1.807, 2.05) is 24.3 Å². The Morgan fingerprint density at radius 1 is 0.972 bits per heavy atom. The fourth-order valence-corrected chi connectivity index (χ4v) is 4.12. The highest BCUT2D eigenvalue weighted by Gasteiger charge is 2.18. The zero-order valence-electron chi connectivity index (χ0n) is 20.6. The molecule has 0 unspecified atom stereocenters. The molecule has 0 radical (unpaired) electrons. The van der Waals surface area contributed by atoms with Gasteiger partial charge in [-0.15, -0.1) is 0 Å². The molecule has 0 aromatic heterocycles. The van der Waals surface area contributed by atoms with Crippen molar-refractivity contribution in [1.29, 1.82) is 0 Å². The number of amides is 1. The Kier molecular flexibility index (Phi) is 9.30. The average molecular weight is 493 g/mol. The van der Waals surface area contributed by atoms with Crippen molar-refractivity contribution in [1.82, 2.24) is 10.2 Å². The molecule has 4 rings (SSSR count). The van der Waals surface area contributed by atoms with E-state index in [0.29, 0.717) is 37.1 Å². The Labute approximate surface area is 212 Å². The van der Waals surface area contributed by atoms with Gasteiger partial charge in [0.25, 0.3) is 5.91 Å². The van der Waals surface area contributed by atoms with E-state index in [0.717, 1.165) is 49.5 Å². The summed E-state index contributed by atoms with van der Waals surface area (Å²) in [7, 11) is 2.13. The highest BCUT2D eigenvalue weighted by molar-refractivity contribution is 5.94. The molecule has 1 saturated heterocycles. The van der Waals surface area contributed by atoms with Gasteiger partial charge in [-0.1, -0.05) is 30.3 Å². The summed E-state index contributed by atoms with van der Waals surface area (Å²) in [6.45, 7) is 3.80. The van der Waals surface area contributed by atoms with Crippen molar-refractivity contribution in [2.45, 2.75) is 32.0 Å². The van der Waals surface area contributed by atoms with Gasteiger partial charge < -0.3 is 19.5 Å². The molecule has 36 heavy (non-hydrogen) atoms. The summed E-state index contributed by atoms with van der Waals surface area (Å²) in [5.41, 5.74) is 2.32. The molecule has 3 aromatic rings. The lowest BCUT2D eigenvalue weighted by Gasteiger charge is -2.31. The summed E-state index contributed by atoms with van der Waals surface area (Å²) >= 11 is 0. The molecule has 0 atom stereocenters. The van der Waals surface area contributed by atoms with Crippen LogP contribution in [0.2, 0.25) is 0 Å². The summed E-state index contributed by atoms with van der Waals surface area (Å²) < 4.78 is 30.2. The molecule has 0 saturated carbocycles. The number of ether oxygens (including phenoxy) is 3. The fourth-order valence-electron chi connectivity index (χ4n) is 4.12. The van der Waals surface area contributed by atoms with Crippen molar-refractivity contribution in [2.24, 2.45) is 0 Å². The topological polar surface area (TPSA) is 60.0 Å². The lowest BCUT2D eigenvalue weighted by molar-refractivity contribution is 0.0392. The largest absolute Gasteiger partial charge is 0.492 e. The summed E-state index contributed by atoms with van der Waals surface area (Å²) in [6.07, 6.45) is 2.13. The van der Waals surface area contributed by atoms with Crippen LogP contribution in [0.1, 0.15) is 34.3 Å². The Bertz CT molecular complexity index is 1120. The minimum Gasteiger partial charge on any atom is -0.492 e. The normalized spacial score (nSPS) is 14.0. The maximum atomic E-state index is 13.1. The van der Waals surface area contributed by atoms with Crippen LogP contribution < -0.4 is 14.8 Å². The molecule has 0 bridgehead atoms. The first kappa shape index (κ1) is 25.7. The van der Waals surface area contributed by atoms with Crippen LogP contribution in [0.25, 0.3) is 0 Å². The number of nitrogens with one attached hydrogen (secondary N) is 1. The second-order valence-electron chi connectivity index (χ2n) is 8.95. The quantitative estimate of drug-likeness (QED) is 0.416. The highest BCUT2D eigenvalue weighted by atomic mass is 19.1.